The van der Waals surface area contributed by atoms with E-state index in [1.165, 1.54) is 12.1 Å². The summed E-state index contributed by atoms with van der Waals surface area (Å²) < 4.78 is 11.3. The van der Waals surface area contributed by atoms with Crippen LogP contribution in [0.1, 0.15) is 55.4 Å². The summed E-state index contributed by atoms with van der Waals surface area (Å²) in [6.45, 7) is 15.1. The number of nitrogen functional groups attached to an aromatic ring is 1. The number of ether oxygens (including phenoxy) is 2. The Hall–Kier alpha value is -2.14. The zero-order valence-corrected chi connectivity index (χ0v) is 20.4. The second-order valence-electron chi connectivity index (χ2n) is 10.2. The number of hydrogen-bond donors (Lipinski definition) is 5. The first kappa shape index (κ1) is 27.9. The van der Waals surface area contributed by atoms with Crippen LogP contribution in [-0.2, 0) is 0 Å². The number of anilines is 1. The molecule has 4 unspecified atom stereocenters. The van der Waals surface area contributed by atoms with Gasteiger partial charge in [0, 0.05) is 23.2 Å². The van der Waals surface area contributed by atoms with Crippen LogP contribution >= 0.6 is 0 Å². The van der Waals surface area contributed by atoms with E-state index in [1.54, 1.807) is 6.92 Å². The van der Waals surface area contributed by atoms with Gasteiger partial charge in [0.15, 0.2) is 5.75 Å². The van der Waals surface area contributed by atoms with Crippen LogP contribution in [-0.4, -0.2) is 63.7 Å². The van der Waals surface area contributed by atoms with Gasteiger partial charge >= 0.3 is 5.69 Å². The van der Waals surface area contributed by atoms with E-state index in [-0.39, 0.29) is 53.6 Å². The molecule has 1 aromatic rings. The SMILES string of the molecule is CC(NC(C)(C)C)C(O)COc1ccc(N)c([N+](=O)[O-])c1OCC(O)C(C)NC(C)(C)C. The molecule has 0 saturated heterocycles. The van der Waals surface area contributed by atoms with Crippen molar-refractivity contribution < 1.29 is 24.6 Å². The summed E-state index contributed by atoms with van der Waals surface area (Å²) >= 11 is 0. The third-order valence-corrected chi connectivity index (χ3v) is 4.59. The Morgan fingerprint density at radius 1 is 0.969 bits per heavy atom. The third kappa shape index (κ3) is 9.15. The van der Waals surface area contributed by atoms with Crippen molar-refractivity contribution in [3.05, 3.63) is 22.2 Å². The van der Waals surface area contributed by atoms with Gasteiger partial charge in [0.1, 0.15) is 31.1 Å². The van der Waals surface area contributed by atoms with Crippen LogP contribution in [0, 0.1) is 10.1 Å². The summed E-state index contributed by atoms with van der Waals surface area (Å²) in [5, 5.41) is 39.0. The van der Waals surface area contributed by atoms with E-state index in [0.717, 1.165) is 0 Å². The molecule has 0 bridgehead atoms. The first-order valence-electron chi connectivity index (χ1n) is 10.8. The molecule has 4 atom stereocenters. The van der Waals surface area contributed by atoms with Crippen molar-refractivity contribution in [1.29, 1.82) is 0 Å². The van der Waals surface area contributed by atoms with E-state index in [2.05, 4.69) is 10.6 Å². The molecule has 6 N–H and O–H groups in total. The maximum absolute atomic E-state index is 11.6. The molecule has 0 heterocycles. The van der Waals surface area contributed by atoms with E-state index in [9.17, 15) is 20.3 Å². The Bertz CT molecular complexity index is 760. The number of nitro groups is 1. The number of aliphatic hydroxyl groups excluding tert-OH is 2. The van der Waals surface area contributed by atoms with Crippen molar-refractivity contribution in [2.45, 2.75) is 90.8 Å². The first-order chi connectivity index (χ1) is 14.5. The molecule has 32 heavy (non-hydrogen) atoms. The standard InChI is InChI=1S/C22H40N4O6/c1-13(24-21(3,4)5)16(27)11-31-18-10-9-15(23)19(26(29)30)20(18)32-12-17(28)14(2)25-22(6,7)8/h9-10,13-14,16-17,24-25,27-28H,11-12,23H2,1-8H3. The number of nitrogens with one attached hydrogen (secondary N) is 2. The number of rotatable bonds is 11. The van der Waals surface area contributed by atoms with Crippen LogP contribution in [0.3, 0.4) is 0 Å². The van der Waals surface area contributed by atoms with Crippen LogP contribution in [0.2, 0.25) is 0 Å². The maximum atomic E-state index is 11.6. The predicted octanol–water partition coefficient (Wildman–Crippen LogP) is 2.21. The van der Waals surface area contributed by atoms with Crippen LogP contribution in [0.25, 0.3) is 0 Å². The fourth-order valence-electron chi connectivity index (χ4n) is 3.20. The molecule has 0 fully saturated rings. The Balaban J connectivity index is 3.01. The smallest absolute Gasteiger partial charge is 0.337 e. The largest absolute Gasteiger partial charge is 0.487 e. The highest BCUT2D eigenvalue weighted by molar-refractivity contribution is 5.70. The lowest BCUT2D eigenvalue weighted by Gasteiger charge is -2.30. The maximum Gasteiger partial charge on any atom is 0.337 e. The van der Waals surface area contributed by atoms with Crippen molar-refractivity contribution in [2.24, 2.45) is 0 Å². The first-order valence-corrected chi connectivity index (χ1v) is 10.8. The summed E-state index contributed by atoms with van der Waals surface area (Å²) in [4.78, 5) is 11.0. The lowest BCUT2D eigenvalue weighted by molar-refractivity contribution is -0.385. The van der Waals surface area contributed by atoms with Crippen molar-refractivity contribution in [1.82, 2.24) is 10.6 Å². The van der Waals surface area contributed by atoms with Gasteiger partial charge in [-0.2, -0.15) is 0 Å². The Labute approximate surface area is 190 Å². The summed E-state index contributed by atoms with van der Waals surface area (Å²) in [7, 11) is 0. The van der Waals surface area contributed by atoms with E-state index in [4.69, 9.17) is 15.2 Å². The molecule has 1 rings (SSSR count). The highest BCUT2D eigenvalue weighted by Gasteiger charge is 2.28. The summed E-state index contributed by atoms with van der Waals surface area (Å²) in [5.41, 5.74) is 4.84. The zero-order chi connectivity index (χ0) is 24.9. The number of aliphatic hydroxyl groups is 2. The van der Waals surface area contributed by atoms with Gasteiger partial charge in [0.2, 0.25) is 5.75 Å². The van der Waals surface area contributed by atoms with E-state index in [0.29, 0.717) is 0 Å². The van der Waals surface area contributed by atoms with Gasteiger partial charge in [-0.3, -0.25) is 10.1 Å². The van der Waals surface area contributed by atoms with Gasteiger partial charge < -0.3 is 36.1 Å². The molecule has 0 aliphatic rings. The average Bonchev–Trinajstić information content (AvgIpc) is 2.61. The fourth-order valence-corrected chi connectivity index (χ4v) is 3.20. The van der Waals surface area contributed by atoms with Gasteiger partial charge in [0.05, 0.1) is 4.92 Å². The minimum Gasteiger partial charge on any atom is -0.487 e. The minimum atomic E-state index is -0.940. The lowest BCUT2D eigenvalue weighted by Crippen LogP contribution is -2.49. The Morgan fingerprint density at radius 3 is 1.81 bits per heavy atom. The normalized spacial score (nSPS) is 16.2. The molecule has 184 valence electrons. The predicted molar refractivity (Wildman–Crippen MR) is 125 cm³/mol. The average molecular weight is 457 g/mol. The fraction of sp³-hybridized carbons (Fsp3) is 0.727. The highest BCUT2D eigenvalue weighted by atomic mass is 16.6. The van der Waals surface area contributed by atoms with Gasteiger partial charge in [-0.25, -0.2) is 0 Å². The van der Waals surface area contributed by atoms with Crippen molar-refractivity contribution in [3.8, 4) is 11.5 Å². The molecule has 1 aromatic carbocycles. The molecule has 0 radical (unpaired) electrons. The molecule has 0 spiro atoms. The van der Waals surface area contributed by atoms with Crippen molar-refractivity contribution >= 4 is 11.4 Å². The summed E-state index contributed by atoms with van der Waals surface area (Å²) in [6.07, 6.45) is -1.81. The molecule has 10 heteroatoms. The van der Waals surface area contributed by atoms with Gasteiger partial charge in [-0.1, -0.05) is 0 Å². The van der Waals surface area contributed by atoms with E-state index in [1.807, 2.05) is 48.5 Å². The monoisotopic (exact) mass is 456 g/mol. The van der Waals surface area contributed by atoms with Crippen LogP contribution in [0.5, 0.6) is 11.5 Å². The van der Waals surface area contributed by atoms with Crippen molar-refractivity contribution in [2.75, 3.05) is 18.9 Å². The van der Waals surface area contributed by atoms with Crippen LogP contribution < -0.4 is 25.8 Å². The van der Waals surface area contributed by atoms with Crippen LogP contribution in [0.4, 0.5) is 11.4 Å². The molecule has 0 amide bonds. The number of hydrogen-bond acceptors (Lipinski definition) is 9. The van der Waals surface area contributed by atoms with Gasteiger partial charge in [0.25, 0.3) is 0 Å². The second-order valence-corrected chi connectivity index (χ2v) is 10.2. The van der Waals surface area contributed by atoms with E-state index >= 15 is 0 Å². The van der Waals surface area contributed by atoms with E-state index < -0.39 is 22.8 Å². The van der Waals surface area contributed by atoms with Gasteiger partial charge in [-0.15, -0.1) is 0 Å². The zero-order valence-electron chi connectivity index (χ0n) is 20.4. The molecular weight excluding hydrogens is 416 g/mol. The number of benzene rings is 1. The highest BCUT2D eigenvalue weighted by Crippen LogP contribution is 2.41. The minimum absolute atomic E-state index is 0.0662. The molecule has 0 aromatic heterocycles. The third-order valence-electron chi connectivity index (χ3n) is 4.59. The topological polar surface area (TPSA) is 152 Å². The molecule has 0 aliphatic carbocycles. The van der Waals surface area contributed by atoms with Gasteiger partial charge in [-0.05, 0) is 67.5 Å². The number of nitro benzene ring substituents is 1. The lowest BCUT2D eigenvalue weighted by atomic mass is 10.1. The Morgan fingerprint density at radius 2 is 1.41 bits per heavy atom. The second kappa shape index (κ2) is 11.1. The molecule has 10 nitrogen and oxygen atoms in total. The number of nitrogens with two attached hydrogens (primary N) is 1. The quantitative estimate of drug-likeness (QED) is 0.192. The van der Waals surface area contributed by atoms with Crippen molar-refractivity contribution in [3.63, 3.8) is 0 Å². The number of nitrogens with zero attached hydrogens (tertiary/aromatic N) is 1. The molecule has 0 saturated carbocycles. The Kier molecular flexibility index (Phi) is 9.70. The molecular formula is C22H40N4O6. The summed E-state index contributed by atoms with van der Waals surface area (Å²) in [6, 6.07) is 2.19. The molecule has 0 aliphatic heterocycles. The summed E-state index contributed by atoms with van der Waals surface area (Å²) in [5.74, 6) is -0.114. The van der Waals surface area contributed by atoms with Crippen LogP contribution in [0.15, 0.2) is 12.1 Å².